The lowest BCUT2D eigenvalue weighted by molar-refractivity contribution is -0.271. The van der Waals surface area contributed by atoms with Crippen molar-refractivity contribution >= 4 is 41.3 Å². The maximum absolute atomic E-state index is 13.1. The Kier molecular flexibility index (Phi) is 15.1. The fourth-order valence-electron chi connectivity index (χ4n) is 5.22. The van der Waals surface area contributed by atoms with Crippen molar-refractivity contribution in [1.29, 1.82) is 0 Å². The summed E-state index contributed by atoms with van der Waals surface area (Å²) >= 11 is 0. The Hall–Kier alpha value is -4.42. The van der Waals surface area contributed by atoms with E-state index in [1.54, 1.807) is 27.7 Å². The maximum atomic E-state index is 13.1. The Morgan fingerprint density at radius 3 is 2.25 bits per heavy atom. The lowest BCUT2D eigenvalue weighted by atomic mass is 9.88. The van der Waals surface area contributed by atoms with Crippen molar-refractivity contribution in [2.24, 2.45) is 11.3 Å². The van der Waals surface area contributed by atoms with Gasteiger partial charge in [-0.1, -0.05) is 40.7 Å². The van der Waals surface area contributed by atoms with Gasteiger partial charge in [0.15, 0.2) is 6.10 Å². The Morgan fingerprint density at radius 1 is 0.981 bits per heavy atom. The van der Waals surface area contributed by atoms with Crippen LogP contribution >= 0.6 is 0 Å². The van der Waals surface area contributed by atoms with Crippen LogP contribution in [0.4, 0.5) is 5.69 Å². The molecular formula is C36H51N3O14. The van der Waals surface area contributed by atoms with Gasteiger partial charge < -0.3 is 50.0 Å². The van der Waals surface area contributed by atoms with Gasteiger partial charge in [-0.3, -0.25) is 28.9 Å². The van der Waals surface area contributed by atoms with E-state index in [9.17, 15) is 49.2 Å². The molecule has 6 N–H and O–H groups in total. The van der Waals surface area contributed by atoms with E-state index in [1.165, 1.54) is 30.4 Å². The number of aliphatic hydroxyl groups is 3. The minimum absolute atomic E-state index is 0.0221. The Bertz CT molecular complexity index is 1530. The third-order valence-electron chi connectivity index (χ3n) is 9.17. The summed E-state index contributed by atoms with van der Waals surface area (Å²) in [5, 5.41) is 45.4. The number of aliphatic hydroxyl groups excluding tert-OH is 3. The molecule has 1 aromatic rings. The van der Waals surface area contributed by atoms with Crippen LogP contribution in [0.25, 0.3) is 0 Å². The molecule has 0 aromatic heterocycles. The van der Waals surface area contributed by atoms with E-state index in [4.69, 9.17) is 18.9 Å². The second-order valence-electron chi connectivity index (χ2n) is 14.2. The van der Waals surface area contributed by atoms with Crippen molar-refractivity contribution < 1.29 is 68.1 Å². The molecule has 3 rings (SSSR count). The number of aliphatic carboxylic acids is 1. The van der Waals surface area contributed by atoms with E-state index in [0.29, 0.717) is 24.8 Å². The Labute approximate surface area is 307 Å². The monoisotopic (exact) mass is 749 g/mol. The molecule has 2 aliphatic rings. The molecule has 4 amide bonds. The molecule has 0 saturated carbocycles. The van der Waals surface area contributed by atoms with E-state index in [0.717, 1.165) is 4.90 Å². The Morgan fingerprint density at radius 2 is 1.64 bits per heavy atom. The van der Waals surface area contributed by atoms with E-state index in [2.05, 4.69) is 10.6 Å². The number of hydrogen-bond acceptors (Lipinski definition) is 13. The zero-order valence-electron chi connectivity index (χ0n) is 30.8. The first-order chi connectivity index (χ1) is 24.8. The summed E-state index contributed by atoms with van der Waals surface area (Å²) in [7, 11) is 0. The number of hydrogen-bond donors (Lipinski definition) is 6. The molecule has 6 atom stereocenters. The van der Waals surface area contributed by atoms with Crippen LogP contribution in [0, 0.1) is 11.3 Å². The van der Waals surface area contributed by atoms with Crippen LogP contribution < -0.4 is 15.4 Å². The predicted octanol–water partition coefficient (Wildman–Crippen LogP) is 1.02. The standard InChI is InChI=1S/C36H51N3O14/c1-7-36(6,13-16-39-25(41)10-11-26(39)42)51-17-14-35(4,5)34(49)37-15-12-24(40)38-22-18-21(19-50-32(48)20(2)3)8-9-23(22)52-33-29(45)27(43)28(44)30(53-33)31(46)47/h8-11,18,20,27-30,33,43-45H,7,12-17,19H2,1-6H3,(H,37,49)(H,38,40)(H,46,47)/t27-,28-,29+,30-,33+,36?/m0/s1. The van der Waals surface area contributed by atoms with E-state index >= 15 is 0 Å². The summed E-state index contributed by atoms with van der Waals surface area (Å²) in [4.78, 5) is 74.7. The minimum atomic E-state index is -1.94. The molecule has 53 heavy (non-hydrogen) atoms. The normalized spacial score (nSPS) is 22.8. The first kappa shape index (κ1) is 43.0. The highest BCUT2D eigenvalue weighted by molar-refractivity contribution is 6.12. The Balaban J connectivity index is 1.59. The quantitative estimate of drug-likeness (QED) is 0.0854. The van der Waals surface area contributed by atoms with Gasteiger partial charge in [-0.05, 0) is 43.9 Å². The van der Waals surface area contributed by atoms with Gasteiger partial charge in [-0.15, -0.1) is 0 Å². The average molecular weight is 750 g/mol. The molecule has 17 heteroatoms. The molecule has 1 aromatic carbocycles. The number of rotatable bonds is 19. The number of carbonyl (C=O) groups is 6. The summed E-state index contributed by atoms with van der Waals surface area (Å²) < 4.78 is 22.3. The molecule has 17 nitrogen and oxygen atoms in total. The molecule has 0 bridgehead atoms. The number of ether oxygens (including phenoxy) is 4. The number of carboxylic acids is 1. The molecule has 1 fully saturated rings. The fraction of sp³-hybridized carbons (Fsp3) is 0.611. The molecule has 0 spiro atoms. The van der Waals surface area contributed by atoms with Crippen LogP contribution in [-0.2, 0) is 49.6 Å². The van der Waals surface area contributed by atoms with Crippen molar-refractivity contribution in [3.63, 3.8) is 0 Å². The summed E-state index contributed by atoms with van der Waals surface area (Å²) in [5.41, 5.74) is -1.05. The second-order valence-corrected chi connectivity index (χ2v) is 14.2. The van der Waals surface area contributed by atoms with Crippen LogP contribution in [0.3, 0.4) is 0 Å². The highest BCUT2D eigenvalue weighted by atomic mass is 16.7. The van der Waals surface area contributed by atoms with Gasteiger partial charge in [0, 0.05) is 43.7 Å². The van der Waals surface area contributed by atoms with Crippen LogP contribution in [0.15, 0.2) is 30.4 Å². The van der Waals surface area contributed by atoms with Gasteiger partial charge in [0.05, 0.1) is 17.2 Å². The smallest absolute Gasteiger partial charge is 0.335 e. The largest absolute Gasteiger partial charge is 0.479 e. The zero-order valence-corrected chi connectivity index (χ0v) is 30.8. The predicted molar refractivity (Wildman–Crippen MR) is 186 cm³/mol. The molecule has 0 aliphatic carbocycles. The molecule has 1 unspecified atom stereocenters. The van der Waals surface area contributed by atoms with E-state index < -0.39 is 65.5 Å². The maximum Gasteiger partial charge on any atom is 0.335 e. The first-order valence-electron chi connectivity index (χ1n) is 17.4. The number of imide groups is 1. The fourth-order valence-corrected chi connectivity index (χ4v) is 5.22. The number of nitrogens with zero attached hydrogens (tertiary/aromatic N) is 1. The van der Waals surface area contributed by atoms with Crippen molar-refractivity contribution in [2.75, 3.05) is 25.0 Å². The number of anilines is 1. The van der Waals surface area contributed by atoms with Crippen molar-refractivity contribution in [3.05, 3.63) is 35.9 Å². The number of amides is 4. The number of esters is 1. The molecule has 2 aliphatic heterocycles. The summed E-state index contributed by atoms with van der Waals surface area (Å²) in [6.45, 7) is 10.8. The van der Waals surface area contributed by atoms with Crippen molar-refractivity contribution in [2.45, 2.75) is 110 Å². The van der Waals surface area contributed by atoms with Gasteiger partial charge >= 0.3 is 11.9 Å². The number of carboxylic acid groups (broad SMARTS) is 1. The highest BCUT2D eigenvalue weighted by Gasteiger charge is 2.48. The zero-order chi connectivity index (χ0) is 39.7. The molecular weight excluding hydrogens is 698 g/mol. The van der Waals surface area contributed by atoms with Crippen molar-refractivity contribution in [1.82, 2.24) is 10.2 Å². The van der Waals surface area contributed by atoms with E-state index in [1.807, 2.05) is 13.8 Å². The third kappa shape index (κ3) is 11.8. The van der Waals surface area contributed by atoms with Gasteiger partial charge in [0.1, 0.15) is 30.7 Å². The molecule has 1 saturated heterocycles. The van der Waals surface area contributed by atoms with Crippen LogP contribution in [0.5, 0.6) is 5.75 Å². The van der Waals surface area contributed by atoms with Crippen LogP contribution in [0.1, 0.15) is 72.8 Å². The molecule has 0 radical (unpaired) electrons. The average Bonchev–Trinajstić information content (AvgIpc) is 3.42. The first-order valence-corrected chi connectivity index (χ1v) is 17.4. The second kappa shape index (κ2) is 18.6. The summed E-state index contributed by atoms with van der Waals surface area (Å²) in [5.74, 6) is -4.18. The molecule has 294 valence electrons. The number of carbonyl (C=O) groups excluding carboxylic acids is 5. The van der Waals surface area contributed by atoms with Gasteiger partial charge in [0.25, 0.3) is 11.8 Å². The summed E-state index contributed by atoms with van der Waals surface area (Å²) in [6.07, 6.45) is -5.75. The molecule has 2 heterocycles. The van der Waals surface area contributed by atoms with Crippen molar-refractivity contribution in [3.8, 4) is 5.75 Å². The lowest BCUT2D eigenvalue weighted by Crippen LogP contribution is -2.61. The van der Waals surface area contributed by atoms with Gasteiger partial charge in [-0.2, -0.15) is 0 Å². The van der Waals surface area contributed by atoms with E-state index in [-0.39, 0.29) is 61.9 Å². The topological polar surface area (TPSA) is 248 Å². The SMILES string of the molecule is CCC(C)(CCN1C(=O)C=CC1=O)OCCC(C)(C)C(=O)NCCC(=O)Nc1cc(COC(=O)C(C)C)ccc1O[C@@H]1O[C@H](C(=O)O)[C@@H](O)[C@H](O)[C@H]1O. The van der Waals surface area contributed by atoms with Crippen LogP contribution in [-0.4, -0.2) is 117 Å². The van der Waals surface area contributed by atoms with Gasteiger partial charge in [-0.25, -0.2) is 4.79 Å². The highest BCUT2D eigenvalue weighted by Crippen LogP contribution is 2.32. The summed E-state index contributed by atoms with van der Waals surface area (Å²) in [6, 6.07) is 4.28. The lowest BCUT2D eigenvalue weighted by Gasteiger charge is -2.38. The third-order valence-corrected chi connectivity index (χ3v) is 9.17. The number of nitrogens with one attached hydrogen (secondary N) is 2. The number of benzene rings is 1. The minimum Gasteiger partial charge on any atom is -0.479 e. The van der Waals surface area contributed by atoms with Gasteiger partial charge in [0.2, 0.25) is 18.1 Å². The van der Waals surface area contributed by atoms with Crippen LogP contribution in [0.2, 0.25) is 0 Å².